The van der Waals surface area contributed by atoms with E-state index in [0.717, 1.165) is 11.3 Å². The second-order valence-corrected chi connectivity index (χ2v) is 5.67. The van der Waals surface area contributed by atoms with E-state index in [1.807, 2.05) is 24.3 Å². The molecule has 0 bridgehead atoms. The number of benzene rings is 2. The van der Waals surface area contributed by atoms with Gasteiger partial charge in [0, 0.05) is 4.90 Å². The van der Waals surface area contributed by atoms with E-state index in [4.69, 9.17) is 11.6 Å². The lowest BCUT2D eigenvalue weighted by Gasteiger charge is -2.08. The van der Waals surface area contributed by atoms with Crippen LogP contribution in [0.1, 0.15) is 17.3 Å². The van der Waals surface area contributed by atoms with Gasteiger partial charge in [0.05, 0.1) is 10.6 Å². The Morgan fingerprint density at radius 1 is 1.21 bits per heavy atom. The van der Waals surface area contributed by atoms with Gasteiger partial charge in [-0.3, -0.25) is 0 Å². The first-order valence-corrected chi connectivity index (χ1v) is 7.25. The van der Waals surface area contributed by atoms with Crippen molar-refractivity contribution in [1.29, 1.82) is 0 Å². The van der Waals surface area contributed by atoms with Gasteiger partial charge < -0.3 is 5.11 Å². The molecule has 0 unspecified atom stereocenters. The van der Waals surface area contributed by atoms with Gasteiger partial charge in [-0.2, -0.15) is 0 Å². The molecule has 0 aliphatic carbocycles. The van der Waals surface area contributed by atoms with Crippen molar-refractivity contribution in [2.24, 2.45) is 0 Å². The topological polar surface area (TPSA) is 37.3 Å². The predicted octanol–water partition coefficient (Wildman–Crippen LogP) is 4.82. The third-order valence-electron chi connectivity index (χ3n) is 2.70. The summed E-state index contributed by atoms with van der Waals surface area (Å²) in [5.74, 6) is 0.00396. The summed E-state index contributed by atoms with van der Waals surface area (Å²) in [4.78, 5) is 12.5. The fourth-order valence-electron chi connectivity index (χ4n) is 1.88. The molecule has 4 heteroatoms. The zero-order valence-corrected chi connectivity index (χ0v) is 12.0. The summed E-state index contributed by atoms with van der Waals surface area (Å²) in [7, 11) is 0. The maximum Gasteiger partial charge on any atom is 0.337 e. The van der Waals surface area contributed by atoms with Gasteiger partial charge in [-0.15, -0.1) is 11.8 Å². The van der Waals surface area contributed by atoms with Crippen LogP contribution in [-0.2, 0) is 0 Å². The molecule has 2 aromatic carbocycles. The fourth-order valence-corrected chi connectivity index (χ4v) is 2.80. The second kappa shape index (κ2) is 6.13. The molecule has 0 saturated heterocycles. The Hall–Kier alpha value is -1.45. The molecular weight excluding hydrogens is 280 g/mol. The number of hydrogen-bond donors (Lipinski definition) is 1. The lowest BCUT2D eigenvalue weighted by molar-refractivity contribution is 0.0698. The molecule has 0 heterocycles. The summed E-state index contributed by atoms with van der Waals surface area (Å²) >= 11 is 7.72. The lowest BCUT2D eigenvalue weighted by atomic mass is 10.00. The summed E-state index contributed by atoms with van der Waals surface area (Å²) in [6.45, 7) is 2.10. The van der Waals surface area contributed by atoms with Crippen molar-refractivity contribution in [3.05, 3.63) is 53.1 Å². The zero-order valence-electron chi connectivity index (χ0n) is 10.4. The average molecular weight is 293 g/mol. The summed E-state index contributed by atoms with van der Waals surface area (Å²) < 4.78 is 0. The number of halogens is 1. The number of thioether (sulfide) groups is 1. The van der Waals surface area contributed by atoms with Gasteiger partial charge in [0.25, 0.3) is 0 Å². The van der Waals surface area contributed by atoms with Gasteiger partial charge in [-0.25, -0.2) is 4.79 Å². The van der Waals surface area contributed by atoms with Crippen LogP contribution >= 0.6 is 23.4 Å². The maximum absolute atomic E-state index is 11.3. The molecule has 1 N–H and O–H groups in total. The lowest BCUT2D eigenvalue weighted by Crippen LogP contribution is -2.00. The Morgan fingerprint density at radius 3 is 2.47 bits per heavy atom. The van der Waals surface area contributed by atoms with E-state index >= 15 is 0 Å². The highest BCUT2D eigenvalue weighted by atomic mass is 35.5. The van der Waals surface area contributed by atoms with Crippen molar-refractivity contribution >= 4 is 29.3 Å². The molecule has 2 rings (SSSR count). The first kappa shape index (κ1) is 14.0. The molecule has 2 aromatic rings. The second-order valence-electron chi connectivity index (χ2n) is 3.92. The molecule has 0 aliphatic heterocycles. The first-order chi connectivity index (χ1) is 9.13. The van der Waals surface area contributed by atoms with Gasteiger partial charge >= 0.3 is 5.97 Å². The Bertz CT molecular complexity index is 594. The Kier molecular flexibility index (Phi) is 4.51. The van der Waals surface area contributed by atoms with Crippen LogP contribution in [-0.4, -0.2) is 16.8 Å². The molecule has 0 atom stereocenters. The molecule has 0 radical (unpaired) electrons. The van der Waals surface area contributed by atoms with Crippen molar-refractivity contribution in [3.63, 3.8) is 0 Å². The van der Waals surface area contributed by atoms with Crippen LogP contribution in [0.15, 0.2) is 47.4 Å². The minimum atomic E-state index is -1.01. The fraction of sp³-hybridized carbons (Fsp3) is 0.133. The third-order valence-corrected chi connectivity index (χ3v) is 3.91. The molecule has 98 valence electrons. The summed E-state index contributed by atoms with van der Waals surface area (Å²) in [5.41, 5.74) is 1.66. The van der Waals surface area contributed by atoms with Gasteiger partial charge in [0.1, 0.15) is 0 Å². The van der Waals surface area contributed by atoms with Crippen molar-refractivity contribution < 1.29 is 9.90 Å². The van der Waals surface area contributed by atoms with Gasteiger partial charge in [-0.05, 0) is 35.1 Å². The van der Waals surface area contributed by atoms with Gasteiger partial charge in [0.2, 0.25) is 0 Å². The van der Waals surface area contributed by atoms with Crippen LogP contribution in [0.4, 0.5) is 0 Å². The van der Waals surface area contributed by atoms with E-state index < -0.39 is 5.97 Å². The molecule has 0 spiro atoms. The zero-order chi connectivity index (χ0) is 13.8. The van der Waals surface area contributed by atoms with Crippen molar-refractivity contribution in [3.8, 4) is 11.1 Å². The maximum atomic E-state index is 11.3. The number of carboxylic acid groups (broad SMARTS) is 1. The number of carboxylic acids is 1. The summed E-state index contributed by atoms with van der Waals surface area (Å²) in [6, 6.07) is 13.0. The highest BCUT2D eigenvalue weighted by Gasteiger charge is 2.15. The van der Waals surface area contributed by atoms with Crippen LogP contribution < -0.4 is 0 Å². The quantitative estimate of drug-likeness (QED) is 0.821. The molecule has 2 nitrogen and oxygen atoms in total. The predicted molar refractivity (Wildman–Crippen MR) is 80.2 cm³/mol. The van der Waals surface area contributed by atoms with E-state index in [1.165, 1.54) is 4.90 Å². The molecule has 19 heavy (non-hydrogen) atoms. The number of aromatic carboxylic acids is 1. The number of carbonyl (C=O) groups is 1. The Balaban J connectivity index is 2.47. The molecular formula is C15H13ClO2S. The smallest absolute Gasteiger partial charge is 0.337 e. The van der Waals surface area contributed by atoms with Crippen LogP contribution in [0.25, 0.3) is 11.1 Å². The SMILES string of the molecule is CCSc1ccc(-c2cccc(Cl)c2C(=O)O)cc1. The molecule has 0 aromatic heterocycles. The number of rotatable bonds is 4. The van der Waals surface area contributed by atoms with Gasteiger partial charge in [0.15, 0.2) is 0 Å². The number of hydrogen-bond acceptors (Lipinski definition) is 2. The van der Waals surface area contributed by atoms with E-state index in [1.54, 1.807) is 30.0 Å². The molecule has 0 fully saturated rings. The normalized spacial score (nSPS) is 10.4. The van der Waals surface area contributed by atoms with Crippen molar-refractivity contribution in [2.45, 2.75) is 11.8 Å². The Morgan fingerprint density at radius 2 is 1.89 bits per heavy atom. The van der Waals surface area contributed by atoms with Gasteiger partial charge in [-0.1, -0.05) is 42.8 Å². The minimum absolute atomic E-state index is 0.153. The highest BCUT2D eigenvalue weighted by Crippen LogP contribution is 2.30. The van der Waals surface area contributed by atoms with Crippen molar-refractivity contribution in [2.75, 3.05) is 5.75 Å². The van der Waals surface area contributed by atoms with Crippen LogP contribution in [0, 0.1) is 0 Å². The molecule has 0 amide bonds. The molecule has 0 saturated carbocycles. The van der Waals surface area contributed by atoms with E-state index in [0.29, 0.717) is 5.56 Å². The van der Waals surface area contributed by atoms with Crippen molar-refractivity contribution in [1.82, 2.24) is 0 Å². The largest absolute Gasteiger partial charge is 0.478 e. The van der Waals surface area contributed by atoms with Crippen LogP contribution in [0.2, 0.25) is 5.02 Å². The minimum Gasteiger partial charge on any atom is -0.478 e. The average Bonchev–Trinajstić information content (AvgIpc) is 2.39. The van der Waals surface area contributed by atoms with E-state index in [2.05, 4.69) is 6.92 Å². The monoisotopic (exact) mass is 292 g/mol. The van der Waals surface area contributed by atoms with E-state index in [-0.39, 0.29) is 10.6 Å². The van der Waals surface area contributed by atoms with E-state index in [9.17, 15) is 9.90 Å². The third kappa shape index (κ3) is 3.11. The summed E-state index contributed by atoms with van der Waals surface area (Å²) in [6.07, 6.45) is 0. The summed E-state index contributed by atoms with van der Waals surface area (Å²) in [5, 5.41) is 9.52. The first-order valence-electron chi connectivity index (χ1n) is 5.88. The standard InChI is InChI=1S/C15H13ClO2S/c1-2-19-11-8-6-10(7-9-11)12-4-3-5-13(16)14(12)15(17)18/h3-9H,2H2,1H3,(H,17,18). The Labute approximate surface area is 121 Å². The highest BCUT2D eigenvalue weighted by molar-refractivity contribution is 7.99. The molecule has 0 aliphatic rings. The van der Waals surface area contributed by atoms with Crippen LogP contribution in [0.3, 0.4) is 0 Å². The van der Waals surface area contributed by atoms with Crippen LogP contribution in [0.5, 0.6) is 0 Å².